The van der Waals surface area contributed by atoms with Crippen LogP contribution in [0.25, 0.3) is 0 Å². The van der Waals surface area contributed by atoms with E-state index in [9.17, 15) is 13.5 Å². The molecule has 0 aromatic rings. The molecule has 0 radical (unpaired) electrons. The second kappa shape index (κ2) is 4.34. The van der Waals surface area contributed by atoms with Gasteiger partial charge in [-0.25, -0.2) is 8.42 Å². The van der Waals surface area contributed by atoms with Gasteiger partial charge in [-0.1, -0.05) is 24.0 Å². The smallest absolute Gasteiger partial charge is 0.154 e. The van der Waals surface area contributed by atoms with Crippen molar-refractivity contribution >= 4 is 38.1 Å². The SMILES string of the molecule is CN(C)C(=S)SC1CS(=O)(=O)CC1O. The van der Waals surface area contributed by atoms with Crippen LogP contribution in [-0.2, 0) is 9.84 Å². The number of thioether (sulfide) groups is 1. The zero-order chi connectivity index (χ0) is 10.9. The van der Waals surface area contributed by atoms with Crippen molar-refractivity contribution in [2.24, 2.45) is 0 Å². The van der Waals surface area contributed by atoms with E-state index < -0.39 is 15.9 Å². The van der Waals surface area contributed by atoms with Crippen LogP contribution in [0.4, 0.5) is 0 Å². The van der Waals surface area contributed by atoms with Crippen molar-refractivity contribution in [2.45, 2.75) is 11.4 Å². The van der Waals surface area contributed by atoms with Gasteiger partial charge in [0.05, 0.1) is 22.9 Å². The zero-order valence-corrected chi connectivity index (χ0v) is 10.5. The minimum Gasteiger partial charge on any atom is -0.391 e. The lowest BCUT2D eigenvalue weighted by molar-refractivity contribution is 0.208. The standard InChI is InChI=1S/C7H13NO3S3/c1-8(2)7(12)13-6-4-14(10,11)3-5(6)9/h5-6,9H,3-4H2,1-2H3. The Balaban J connectivity index is 2.60. The van der Waals surface area contributed by atoms with Crippen LogP contribution in [0.3, 0.4) is 0 Å². The van der Waals surface area contributed by atoms with E-state index in [1.165, 1.54) is 11.8 Å². The molecule has 14 heavy (non-hydrogen) atoms. The van der Waals surface area contributed by atoms with E-state index in [1.54, 1.807) is 19.0 Å². The lowest BCUT2D eigenvalue weighted by Crippen LogP contribution is -2.26. The van der Waals surface area contributed by atoms with Crippen LogP contribution in [-0.4, -0.2) is 59.7 Å². The minimum atomic E-state index is -3.06. The molecule has 1 aliphatic rings. The van der Waals surface area contributed by atoms with Crippen LogP contribution in [0.1, 0.15) is 0 Å². The molecule has 1 saturated heterocycles. The van der Waals surface area contributed by atoms with E-state index in [0.29, 0.717) is 4.32 Å². The first-order valence-corrected chi connectivity index (χ1v) is 7.19. The Bertz CT molecular complexity index is 325. The zero-order valence-electron chi connectivity index (χ0n) is 8.00. The summed E-state index contributed by atoms with van der Waals surface area (Å²) in [6.07, 6.45) is -0.789. The Morgan fingerprint density at radius 3 is 2.43 bits per heavy atom. The Morgan fingerprint density at radius 1 is 1.50 bits per heavy atom. The molecule has 82 valence electrons. The first kappa shape index (κ1) is 12.2. The van der Waals surface area contributed by atoms with Gasteiger partial charge in [0.2, 0.25) is 0 Å². The minimum absolute atomic E-state index is 0.0206. The summed E-state index contributed by atoms with van der Waals surface area (Å²) >= 11 is 6.28. The summed E-state index contributed by atoms with van der Waals surface area (Å²) in [7, 11) is 0.529. The predicted octanol–water partition coefficient (Wildman–Crippen LogP) is -0.276. The van der Waals surface area contributed by atoms with Crippen LogP contribution in [0, 0.1) is 0 Å². The average Bonchev–Trinajstić information content (AvgIpc) is 2.24. The number of nitrogens with zero attached hydrogens (tertiary/aromatic N) is 1. The molecule has 1 fully saturated rings. The topological polar surface area (TPSA) is 57.6 Å². The molecule has 0 aromatic heterocycles. The van der Waals surface area contributed by atoms with Crippen molar-refractivity contribution in [1.82, 2.24) is 4.90 Å². The molecule has 0 bridgehead atoms. The van der Waals surface area contributed by atoms with E-state index in [-0.39, 0.29) is 16.8 Å². The maximum atomic E-state index is 11.2. The molecule has 2 unspecified atom stereocenters. The van der Waals surface area contributed by atoms with Crippen molar-refractivity contribution in [3.8, 4) is 0 Å². The number of aliphatic hydroxyl groups excluding tert-OH is 1. The van der Waals surface area contributed by atoms with Gasteiger partial charge in [-0.15, -0.1) is 0 Å². The summed E-state index contributed by atoms with van der Waals surface area (Å²) in [5, 5.41) is 9.17. The van der Waals surface area contributed by atoms with Gasteiger partial charge in [0.25, 0.3) is 0 Å². The summed E-state index contributed by atoms with van der Waals surface area (Å²) in [5.74, 6) is -0.118. The second-order valence-electron chi connectivity index (χ2n) is 3.46. The number of hydrogen-bond acceptors (Lipinski definition) is 5. The molecule has 1 heterocycles. The molecule has 1 rings (SSSR count). The molecule has 0 amide bonds. The third kappa shape index (κ3) is 3.08. The highest BCUT2D eigenvalue weighted by molar-refractivity contribution is 8.23. The summed E-state index contributed by atoms with van der Waals surface area (Å²) in [5.41, 5.74) is 0. The fraction of sp³-hybridized carbons (Fsp3) is 0.857. The lowest BCUT2D eigenvalue weighted by Gasteiger charge is -2.17. The van der Waals surface area contributed by atoms with E-state index in [2.05, 4.69) is 0 Å². The highest BCUT2D eigenvalue weighted by atomic mass is 32.2. The number of aliphatic hydroxyl groups is 1. The highest BCUT2D eigenvalue weighted by Gasteiger charge is 2.37. The quantitative estimate of drug-likeness (QED) is 0.651. The first-order chi connectivity index (χ1) is 6.32. The average molecular weight is 255 g/mol. The largest absolute Gasteiger partial charge is 0.391 e. The summed E-state index contributed by atoms with van der Waals surface area (Å²) < 4.78 is 22.9. The molecule has 7 heteroatoms. The predicted molar refractivity (Wildman–Crippen MR) is 62.3 cm³/mol. The third-order valence-corrected chi connectivity index (χ3v) is 5.82. The van der Waals surface area contributed by atoms with Crippen molar-refractivity contribution in [1.29, 1.82) is 0 Å². The van der Waals surface area contributed by atoms with Gasteiger partial charge in [-0.3, -0.25) is 0 Å². The number of sulfone groups is 1. The molecule has 0 aromatic carbocycles. The van der Waals surface area contributed by atoms with Crippen LogP contribution < -0.4 is 0 Å². The fourth-order valence-corrected chi connectivity index (χ4v) is 4.87. The summed E-state index contributed by atoms with van der Waals surface area (Å²) in [4.78, 5) is 1.73. The Kier molecular flexibility index (Phi) is 3.79. The Labute approximate surface area is 93.6 Å². The molecule has 4 nitrogen and oxygen atoms in total. The van der Waals surface area contributed by atoms with Crippen LogP contribution in [0.15, 0.2) is 0 Å². The van der Waals surface area contributed by atoms with E-state index in [1.807, 2.05) is 0 Å². The summed E-state index contributed by atoms with van der Waals surface area (Å²) in [6.45, 7) is 0. The van der Waals surface area contributed by atoms with Crippen molar-refractivity contribution in [3.05, 3.63) is 0 Å². The van der Waals surface area contributed by atoms with Crippen molar-refractivity contribution < 1.29 is 13.5 Å². The maximum absolute atomic E-state index is 11.2. The van der Waals surface area contributed by atoms with Crippen molar-refractivity contribution in [2.75, 3.05) is 25.6 Å². The third-order valence-electron chi connectivity index (χ3n) is 1.89. The van der Waals surface area contributed by atoms with Crippen LogP contribution >= 0.6 is 24.0 Å². The van der Waals surface area contributed by atoms with Crippen LogP contribution in [0.5, 0.6) is 0 Å². The molecule has 0 saturated carbocycles. The molecule has 1 aliphatic heterocycles. The molecule has 1 N–H and O–H groups in total. The van der Waals surface area contributed by atoms with Gasteiger partial charge < -0.3 is 10.0 Å². The molecule has 2 atom stereocenters. The Morgan fingerprint density at radius 2 is 2.07 bits per heavy atom. The number of thiocarbonyl (C=S) groups is 1. The first-order valence-electron chi connectivity index (χ1n) is 4.08. The molecular weight excluding hydrogens is 242 g/mol. The maximum Gasteiger partial charge on any atom is 0.154 e. The Hall–Kier alpha value is 0.150. The molecule has 0 spiro atoms. The highest BCUT2D eigenvalue weighted by Crippen LogP contribution is 2.26. The van der Waals surface area contributed by atoms with Crippen LogP contribution in [0.2, 0.25) is 0 Å². The van der Waals surface area contributed by atoms with Gasteiger partial charge in [0, 0.05) is 14.1 Å². The van der Waals surface area contributed by atoms with E-state index >= 15 is 0 Å². The van der Waals surface area contributed by atoms with E-state index in [0.717, 1.165) is 0 Å². The van der Waals surface area contributed by atoms with Gasteiger partial charge in [0.15, 0.2) is 9.84 Å². The van der Waals surface area contributed by atoms with Gasteiger partial charge in [-0.2, -0.15) is 0 Å². The fourth-order valence-electron chi connectivity index (χ4n) is 1.14. The van der Waals surface area contributed by atoms with Gasteiger partial charge in [0.1, 0.15) is 4.32 Å². The van der Waals surface area contributed by atoms with E-state index in [4.69, 9.17) is 12.2 Å². The molecular formula is C7H13NO3S3. The normalized spacial score (nSPS) is 30.2. The second-order valence-corrected chi connectivity index (χ2v) is 7.49. The lowest BCUT2D eigenvalue weighted by atomic mass is 10.3. The summed E-state index contributed by atoms with van der Waals surface area (Å²) in [6, 6.07) is 0. The van der Waals surface area contributed by atoms with Gasteiger partial charge >= 0.3 is 0 Å². The number of rotatable bonds is 1. The monoisotopic (exact) mass is 255 g/mol. The number of hydrogen-bond donors (Lipinski definition) is 1. The van der Waals surface area contributed by atoms with Gasteiger partial charge in [-0.05, 0) is 0 Å². The van der Waals surface area contributed by atoms with Crippen molar-refractivity contribution in [3.63, 3.8) is 0 Å². The molecule has 0 aliphatic carbocycles.